The van der Waals surface area contributed by atoms with E-state index in [1.165, 1.54) is 87.6 Å². The number of carbonyl (C=O) groups is 1. The molecule has 1 N–H and O–H groups in total. The molecule has 0 radical (unpaired) electrons. The summed E-state index contributed by atoms with van der Waals surface area (Å²) in [6.45, 7) is 22.3. The summed E-state index contributed by atoms with van der Waals surface area (Å²) >= 11 is 0. The molecule has 3 aliphatic rings. The number of hydroxylamine groups is 2. The molecule has 3 heterocycles. The Balaban J connectivity index is 0.000000284. The maximum absolute atomic E-state index is 11.8. The number of benzene rings is 4. The normalized spacial score (nSPS) is 16.3. The van der Waals surface area contributed by atoms with Gasteiger partial charge in [0, 0.05) is 13.1 Å². The van der Waals surface area contributed by atoms with Crippen LogP contribution in [0.25, 0.3) is 5.32 Å². The fourth-order valence-corrected chi connectivity index (χ4v) is 7.87. The van der Waals surface area contributed by atoms with E-state index in [1.807, 2.05) is 52.8 Å². The molecule has 0 unspecified atom stereocenters. The molecular formula is C53H76BrMgN3O4. The number of rotatable bonds is 9. The molecule has 9 heteroatoms. The summed E-state index contributed by atoms with van der Waals surface area (Å²) in [6.07, 6.45) is 11.5. The zero-order valence-corrected chi connectivity index (χ0v) is 42.3. The zero-order valence-electron chi connectivity index (χ0n) is 39.3. The van der Waals surface area contributed by atoms with Gasteiger partial charge < -0.3 is 27.6 Å². The summed E-state index contributed by atoms with van der Waals surface area (Å²) in [4.78, 5) is 27.5. The third-order valence-electron chi connectivity index (χ3n) is 11.0. The fourth-order valence-electron chi connectivity index (χ4n) is 7.87. The van der Waals surface area contributed by atoms with Crippen molar-refractivity contribution < 1.29 is 36.4 Å². The van der Waals surface area contributed by atoms with E-state index in [4.69, 9.17) is 14.6 Å². The number of nitrogens with zero attached hydrogens (tertiary/aromatic N) is 2. The van der Waals surface area contributed by atoms with Crippen molar-refractivity contribution in [3.8, 4) is 0 Å². The van der Waals surface area contributed by atoms with E-state index < -0.39 is 11.6 Å². The van der Waals surface area contributed by atoms with Crippen LogP contribution < -0.4 is 22.3 Å². The number of aryl methyl sites for hydroxylation is 2. The molecule has 336 valence electrons. The van der Waals surface area contributed by atoms with E-state index in [9.17, 15) is 4.79 Å². The Hall–Kier alpha value is -2.60. The molecule has 62 heavy (non-hydrogen) atoms. The summed E-state index contributed by atoms with van der Waals surface area (Å²) in [5.74, 6) is 2.15. The van der Waals surface area contributed by atoms with E-state index in [0.29, 0.717) is 5.56 Å². The molecule has 7 rings (SSSR count). The summed E-state index contributed by atoms with van der Waals surface area (Å²) in [5.41, 5.74) is 6.24. The van der Waals surface area contributed by atoms with Gasteiger partial charge in [0.2, 0.25) is 0 Å². The predicted octanol–water partition coefficient (Wildman–Crippen LogP) is 8.73. The molecule has 4 aromatic rings. The van der Waals surface area contributed by atoms with Gasteiger partial charge in [-0.15, -0.1) is 13.1 Å². The van der Waals surface area contributed by atoms with E-state index in [1.54, 1.807) is 0 Å². The van der Waals surface area contributed by atoms with Gasteiger partial charge in [0.25, 0.3) is 0 Å². The first-order chi connectivity index (χ1) is 28.7. The SMILES string of the molecule is CC(C)(C)ON1CCC(Cc2ccccc2)CC1.Cc1cccc(C)c1C(=O)OOC(C)(C)C.[Br-].[Mg+2].c1ccc(CC2CCNCC2)cc1.c1ccc(CC2CC[N-]CC2)cc1. The Kier molecular flexibility index (Phi) is 26.7. The van der Waals surface area contributed by atoms with Crippen LogP contribution >= 0.6 is 0 Å². The Morgan fingerprint density at radius 2 is 1.00 bits per heavy atom. The van der Waals surface area contributed by atoms with Crippen LogP contribution in [0.1, 0.15) is 118 Å². The first kappa shape index (κ1) is 55.5. The largest absolute Gasteiger partial charge is 2.00 e. The van der Waals surface area contributed by atoms with Crippen LogP contribution in [0.2, 0.25) is 0 Å². The summed E-state index contributed by atoms with van der Waals surface area (Å²) in [6, 6.07) is 38.1. The molecule has 3 saturated heterocycles. The van der Waals surface area contributed by atoms with Crippen LogP contribution in [0.4, 0.5) is 0 Å². The van der Waals surface area contributed by atoms with Crippen molar-refractivity contribution in [2.75, 3.05) is 39.3 Å². The molecule has 0 atom stereocenters. The summed E-state index contributed by atoms with van der Waals surface area (Å²) < 4.78 is 0. The van der Waals surface area contributed by atoms with Crippen molar-refractivity contribution >= 4 is 29.0 Å². The topological polar surface area (TPSA) is 74.1 Å². The minimum absolute atomic E-state index is 0. The first-order valence-electron chi connectivity index (χ1n) is 22.6. The molecule has 3 fully saturated rings. The Bertz CT molecular complexity index is 1670. The number of hydrogen-bond donors (Lipinski definition) is 1. The van der Waals surface area contributed by atoms with E-state index >= 15 is 0 Å². The van der Waals surface area contributed by atoms with Crippen molar-refractivity contribution in [1.29, 1.82) is 0 Å². The maximum Gasteiger partial charge on any atom is 2.00 e. The van der Waals surface area contributed by atoms with Crippen LogP contribution in [0, 0.1) is 31.6 Å². The van der Waals surface area contributed by atoms with Crippen molar-refractivity contribution in [1.82, 2.24) is 10.4 Å². The Morgan fingerprint density at radius 1 is 0.597 bits per heavy atom. The molecule has 0 aromatic heterocycles. The molecule has 0 aliphatic carbocycles. The second-order valence-electron chi connectivity index (χ2n) is 18.8. The first-order valence-corrected chi connectivity index (χ1v) is 22.6. The zero-order chi connectivity index (χ0) is 43.2. The molecule has 0 amide bonds. The van der Waals surface area contributed by atoms with Crippen molar-refractivity contribution in [2.45, 2.75) is 124 Å². The monoisotopic (exact) mass is 921 g/mol. The van der Waals surface area contributed by atoms with Gasteiger partial charge in [0.15, 0.2) is 0 Å². The second-order valence-corrected chi connectivity index (χ2v) is 18.8. The van der Waals surface area contributed by atoms with Crippen LogP contribution in [0.5, 0.6) is 0 Å². The average Bonchev–Trinajstić information content (AvgIpc) is 3.23. The van der Waals surface area contributed by atoms with Crippen molar-refractivity contribution in [3.05, 3.63) is 148 Å². The molecule has 0 saturated carbocycles. The van der Waals surface area contributed by atoms with E-state index in [0.717, 1.165) is 55.1 Å². The van der Waals surface area contributed by atoms with Crippen LogP contribution in [-0.2, 0) is 33.9 Å². The van der Waals surface area contributed by atoms with Crippen molar-refractivity contribution in [2.24, 2.45) is 17.8 Å². The van der Waals surface area contributed by atoms with Crippen LogP contribution in [-0.4, -0.2) is 84.6 Å². The molecule has 7 nitrogen and oxygen atoms in total. The minimum Gasteiger partial charge on any atom is -1.00 e. The van der Waals surface area contributed by atoms with Crippen molar-refractivity contribution in [3.63, 3.8) is 0 Å². The third kappa shape index (κ3) is 23.4. The van der Waals surface area contributed by atoms with Gasteiger partial charge in [-0.3, -0.25) is 9.73 Å². The van der Waals surface area contributed by atoms with Gasteiger partial charge in [-0.2, -0.15) is 9.95 Å². The molecule has 0 bridgehead atoms. The van der Waals surface area contributed by atoms with Crippen LogP contribution in [0.15, 0.2) is 109 Å². The van der Waals surface area contributed by atoms with Gasteiger partial charge in [0.1, 0.15) is 5.60 Å². The summed E-state index contributed by atoms with van der Waals surface area (Å²) in [5, 5.41) is 9.91. The standard InChI is InChI=1S/C16H25NO.C13H18O3.C12H17N.C12H16N.BrH.Mg/c1-16(2,3)18-17-11-9-15(10-12-17)13-14-7-5-4-6-8-14;1-9-7-6-8-10(2)11(9)12(14)15-16-13(3,4)5;2*1-2-4-11(5-3-1)10-12-6-8-13-9-7-12;;/h4-8,15H,9-13H2,1-3H3;6-8H,1-5H3;1-5,12-13H,6-10H2;1-5,12H,6-10H2;1H;/q;;;-1;;+2/p-1. The van der Waals surface area contributed by atoms with Gasteiger partial charge >= 0.3 is 29.0 Å². The number of nitrogens with one attached hydrogen (secondary N) is 1. The quantitative estimate of drug-likeness (QED) is 0.103. The number of hydrogen-bond acceptors (Lipinski definition) is 6. The number of piperidine rings is 3. The third-order valence-corrected chi connectivity index (χ3v) is 11.0. The molecular weight excluding hydrogens is 847 g/mol. The summed E-state index contributed by atoms with van der Waals surface area (Å²) in [7, 11) is 0. The van der Waals surface area contributed by atoms with E-state index in [2.05, 4.69) is 127 Å². The minimum atomic E-state index is -0.494. The van der Waals surface area contributed by atoms with Crippen LogP contribution in [0.3, 0.4) is 0 Å². The number of halogens is 1. The predicted molar refractivity (Wildman–Crippen MR) is 255 cm³/mol. The fraction of sp³-hybridized carbons (Fsp3) is 0.528. The van der Waals surface area contributed by atoms with Gasteiger partial charge in [-0.05, 0) is 159 Å². The van der Waals surface area contributed by atoms with Gasteiger partial charge in [-0.1, -0.05) is 122 Å². The Morgan fingerprint density at radius 3 is 1.40 bits per heavy atom. The molecule has 3 aliphatic heterocycles. The molecule has 0 spiro atoms. The molecule has 4 aromatic carbocycles. The van der Waals surface area contributed by atoms with Gasteiger partial charge in [-0.25, -0.2) is 4.79 Å². The number of carbonyl (C=O) groups excluding carboxylic acids is 1. The Labute approximate surface area is 402 Å². The maximum atomic E-state index is 11.8. The smallest absolute Gasteiger partial charge is 1.00 e. The van der Waals surface area contributed by atoms with E-state index in [-0.39, 0.29) is 45.6 Å². The van der Waals surface area contributed by atoms with Gasteiger partial charge in [0.05, 0.1) is 11.2 Å². The second kappa shape index (κ2) is 29.8. The average molecular weight is 923 g/mol.